The number of hydrogen-bond donors (Lipinski definition) is 9. The molecular formula is C36H60O11. The summed E-state index contributed by atoms with van der Waals surface area (Å²) in [4.78, 5) is 13.2. The SMILES string of the molecule is CCCCC[C@@H](O)[C@H]1C(=O)O[C@H](C)[C@@H](O)/C=C/C=C/C=C/C=C/C=C(\C)[C@@H](O)[C@H](C)[C@H](O)C[C@H](O)C[C@H](O)C[C@H](O)C[C@H](O)C[C@@H]1O. The molecule has 1 aliphatic rings. The van der Waals surface area contributed by atoms with Crippen molar-refractivity contribution in [2.24, 2.45) is 11.8 Å². The second-order valence-electron chi connectivity index (χ2n) is 12.9. The number of hydrogen-bond acceptors (Lipinski definition) is 11. The lowest BCUT2D eigenvalue weighted by molar-refractivity contribution is -0.168. The van der Waals surface area contributed by atoms with Crippen molar-refractivity contribution >= 4 is 5.97 Å². The highest BCUT2D eigenvalue weighted by atomic mass is 16.6. The molecule has 0 fully saturated rings. The Morgan fingerprint density at radius 1 is 0.723 bits per heavy atom. The van der Waals surface area contributed by atoms with Crippen molar-refractivity contribution in [1.29, 1.82) is 0 Å². The van der Waals surface area contributed by atoms with Gasteiger partial charge in [0, 0.05) is 12.3 Å². The monoisotopic (exact) mass is 668 g/mol. The first kappa shape index (κ1) is 42.8. The van der Waals surface area contributed by atoms with Gasteiger partial charge in [-0.1, -0.05) is 87.8 Å². The first-order valence-electron chi connectivity index (χ1n) is 16.9. The zero-order chi connectivity index (χ0) is 35.5. The van der Waals surface area contributed by atoms with Crippen molar-refractivity contribution in [2.75, 3.05) is 0 Å². The molecule has 12 atom stereocenters. The predicted octanol–water partition coefficient (Wildman–Crippen LogP) is 2.13. The molecule has 0 aromatic heterocycles. The molecule has 1 heterocycles. The molecule has 0 radical (unpaired) electrons. The van der Waals surface area contributed by atoms with Crippen molar-refractivity contribution < 1.29 is 55.5 Å². The van der Waals surface area contributed by atoms with Crippen LogP contribution in [0, 0.1) is 11.8 Å². The molecule has 0 aromatic rings. The molecule has 9 N–H and O–H groups in total. The van der Waals surface area contributed by atoms with Gasteiger partial charge in [0.15, 0.2) is 0 Å². The van der Waals surface area contributed by atoms with Gasteiger partial charge in [0.05, 0.1) is 48.8 Å². The Balaban J connectivity index is 3.19. The smallest absolute Gasteiger partial charge is 0.314 e. The molecule has 0 amide bonds. The minimum atomic E-state index is -1.53. The molecule has 0 saturated carbocycles. The standard InChI is InChI=1S/C36H60O11/c1-5-6-12-17-31(42)34-33(44)22-29(40)20-27(38)18-26(37)19-28(39)21-32(43)24(3)35(45)23(2)15-13-10-8-7-9-11-14-16-30(41)25(4)47-36(34)46/h7-11,13-16,24-35,37-45H,5-6,12,17-22H2,1-4H3/b8-7+,11-9+,13-10+,16-14+,23-15+/t24-,25-,26-,27+,28-,29+,30+,31-,32-,33+,34-,35-/m1/s1. The van der Waals surface area contributed by atoms with Crippen molar-refractivity contribution in [3.05, 3.63) is 60.3 Å². The number of unbranched alkanes of at least 4 members (excludes halogenated alkanes) is 2. The van der Waals surface area contributed by atoms with Crippen LogP contribution >= 0.6 is 0 Å². The molecule has 270 valence electrons. The molecule has 0 aromatic carbocycles. The maximum Gasteiger partial charge on any atom is 0.314 e. The zero-order valence-corrected chi connectivity index (χ0v) is 28.3. The lowest BCUT2D eigenvalue weighted by Crippen LogP contribution is -2.43. The normalized spacial score (nSPS) is 39.6. The summed E-state index contributed by atoms with van der Waals surface area (Å²) in [6, 6.07) is 0. The van der Waals surface area contributed by atoms with Crippen LogP contribution in [0.4, 0.5) is 0 Å². The van der Waals surface area contributed by atoms with E-state index >= 15 is 0 Å². The number of aliphatic hydroxyl groups is 9. The summed E-state index contributed by atoms with van der Waals surface area (Å²) in [6.45, 7) is 6.84. The van der Waals surface area contributed by atoms with Crippen LogP contribution in [-0.4, -0.2) is 113 Å². The van der Waals surface area contributed by atoms with Gasteiger partial charge in [0.25, 0.3) is 0 Å². The van der Waals surface area contributed by atoms with E-state index in [1.807, 2.05) is 6.92 Å². The largest absolute Gasteiger partial charge is 0.459 e. The maximum absolute atomic E-state index is 13.2. The first-order valence-corrected chi connectivity index (χ1v) is 16.9. The summed E-state index contributed by atoms with van der Waals surface area (Å²) < 4.78 is 5.43. The topological polar surface area (TPSA) is 208 Å². The second kappa shape index (κ2) is 23.2. The third-order valence-electron chi connectivity index (χ3n) is 8.55. The molecule has 47 heavy (non-hydrogen) atoms. The number of rotatable bonds is 5. The fourth-order valence-corrected chi connectivity index (χ4v) is 5.52. The van der Waals surface area contributed by atoms with Gasteiger partial charge in [0.2, 0.25) is 0 Å². The summed E-state index contributed by atoms with van der Waals surface area (Å²) in [5.74, 6) is -2.95. The van der Waals surface area contributed by atoms with Crippen LogP contribution in [0.3, 0.4) is 0 Å². The van der Waals surface area contributed by atoms with E-state index < -0.39 is 78.8 Å². The fraction of sp³-hybridized carbons (Fsp3) is 0.694. The van der Waals surface area contributed by atoms with E-state index in [1.165, 1.54) is 13.0 Å². The van der Waals surface area contributed by atoms with Crippen molar-refractivity contribution in [1.82, 2.24) is 0 Å². The van der Waals surface area contributed by atoms with Crippen LogP contribution in [0.5, 0.6) is 0 Å². The summed E-state index contributed by atoms with van der Waals surface area (Å²) in [6.07, 6.45) is 4.60. The summed E-state index contributed by atoms with van der Waals surface area (Å²) in [5.41, 5.74) is 0.607. The van der Waals surface area contributed by atoms with Crippen molar-refractivity contribution in [3.63, 3.8) is 0 Å². The highest BCUT2D eigenvalue weighted by molar-refractivity contribution is 5.74. The maximum atomic E-state index is 13.2. The summed E-state index contributed by atoms with van der Waals surface area (Å²) in [7, 11) is 0. The Morgan fingerprint density at radius 2 is 1.21 bits per heavy atom. The van der Waals surface area contributed by atoms with E-state index in [2.05, 4.69) is 0 Å². The van der Waals surface area contributed by atoms with Crippen LogP contribution in [0.25, 0.3) is 0 Å². The van der Waals surface area contributed by atoms with Gasteiger partial charge in [0.1, 0.15) is 18.1 Å². The van der Waals surface area contributed by atoms with E-state index in [9.17, 15) is 50.8 Å². The van der Waals surface area contributed by atoms with E-state index in [0.717, 1.165) is 12.8 Å². The summed E-state index contributed by atoms with van der Waals surface area (Å²) in [5, 5.41) is 95.6. The van der Waals surface area contributed by atoms with Gasteiger partial charge in [-0.05, 0) is 51.5 Å². The molecule has 0 unspecified atom stereocenters. The minimum Gasteiger partial charge on any atom is -0.459 e. The average Bonchev–Trinajstić information content (AvgIpc) is 2.98. The number of ether oxygens (including phenoxy) is 1. The lowest BCUT2D eigenvalue weighted by Gasteiger charge is -2.30. The predicted molar refractivity (Wildman–Crippen MR) is 180 cm³/mol. The average molecular weight is 669 g/mol. The second-order valence-corrected chi connectivity index (χ2v) is 12.9. The summed E-state index contributed by atoms with van der Waals surface area (Å²) >= 11 is 0. The first-order chi connectivity index (χ1) is 22.2. The molecule has 1 aliphatic heterocycles. The molecule has 11 heteroatoms. The van der Waals surface area contributed by atoms with Gasteiger partial charge >= 0.3 is 5.97 Å². The Bertz CT molecular complexity index is 1020. The molecule has 0 bridgehead atoms. The van der Waals surface area contributed by atoms with Gasteiger partial charge in [-0.15, -0.1) is 0 Å². The Kier molecular flexibility index (Phi) is 21.2. The highest BCUT2D eigenvalue weighted by Gasteiger charge is 2.37. The number of aliphatic hydroxyl groups excluding tert-OH is 9. The van der Waals surface area contributed by atoms with E-state index in [4.69, 9.17) is 4.74 Å². The minimum absolute atomic E-state index is 0.111. The van der Waals surface area contributed by atoms with Crippen LogP contribution in [-0.2, 0) is 9.53 Å². The highest BCUT2D eigenvalue weighted by Crippen LogP contribution is 2.25. The van der Waals surface area contributed by atoms with Crippen LogP contribution in [0.1, 0.15) is 85.5 Å². The van der Waals surface area contributed by atoms with Crippen LogP contribution in [0.2, 0.25) is 0 Å². The van der Waals surface area contributed by atoms with Gasteiger partial charge in [-0.2, -0.15) is 0 Å². The quantitative estimate of drug-likeness (QED) is 0.153. The molecule has 0 saturated heterocycles. The molecule has 1 rings (SSSR count). The van der Waals surface area contributed by atoms with Gasteiger partial charge in [-0.25, -0.2) is 0 Å². The van der Waals surface area contributed by atoms with Gasteiger partial charge in [-0.3, -0.25) is 4.79 Å². The Labute approximate surface area is 279 Å². The Hall–Kier alpha value is -2.19. The number of carbonyl (C=O) groups excluding carboxylic acids is 1. The molecule has 0 aliphatic carbocycles. The van der Waals surface area contributed by atoms with E-state index in [0.29, 0.717) is 12.0 Å². The fourth-order valence-electron chi connectivity index (χ4n) is 5.52. The molecule has 11 nitrogen and oxygen atoms in total. The number of allylic oxidation sites excluding steroid dienone is 8. The molecule has 0 spiro atoms. The number of cyclic esters (lactones) is 1. The molecular weight excluding hydrogens is 608 g/mol. The third kappa shape index (κ3) is 17.2. The lowest BCUT2D eigenvalue weighted by atomic mass is 9.87. The van der Waals surface area contributed by atoms with Crippen molar-refractivity contribution in [3.8, 4) is 0 Å². The number of carbonyl (C=O) groups is 1. The van der Waals surface area contributed by atoms with Crippen molar-refractivity contribution in [2.45, 2.75) is 147 Å². The third-order valence-corrected chi connectivity index (χ3v) is 8.55. The Morgan fingerprint density at radius 3 is 1.77 bits per heavy atom. The zero-order valence-electron chi connectivity index (χ0n) is 28.3. The van der Waals surface area contributed by atoms with E-state index in [-0.39, 0.29) is 38.5 Å². The van der Waals surface area contributed by atoms with Crippen LogP contribution in [0.15, 0.2) is 60.3 Å². The van der Waals surface area contributed by atoms with Crippen LogP contribution < -0.4 is 0 Å². The van der Waals surface area contributed by atoms with Gasteiger partial charge < -0.3 is 50.7 Å². The van der Waals surface area contributed by atoms with E-state index in [1.54, 1.807) is 62.5 Å². The number of esters is 1.